The molecule has 2 aromatic heterocycles. The van der Waals surface area contributed by atoms with Crippen LogP contribution < -0.4 is 4.74 Å². The summed E-state index contributed by atoms with van der Waals surface area (Å²) < 4.78 is 20.4. The van der Waals surface area contributed by atoms with Gasteiger partial charge in [-0.1, -0.05) is 22.9 Å². The van der Waals surface area contributed by atoms with Gasteiger partial charge < -0.3 is 4.74 Å². The third-order valence-electron chi connectivity index (χ3n) is 3.39. The lowest BCUT2D eigenvalue weighted by atomic mass is 10.2. The average Bonchev–Trinajstić information content (AvgIpc) is 2.89. The van der Waals surface area contributed by atoms with E-state index in [1.165, 1.54) is 23.5 Å². The molecule has 2 heterocycles. The largest absolute Gasteiger partial charge is 0.430 e. The van der Waals surface area contributed by atoms with E-state index in [1.807, 2.05) is 19.1 Å². The Morgan fingerprint density at radius 2 is 1.91 bits per heavy atom. The number of aryl methyl sites for hydroxylation is 1. The predicted octanol–water partition coefficient (Wildman–Crippen LogP) is 5.74. The number of rotatable bonds is 2. The second-order valence-electron chi connectivity index (χ2n) is 5.12. The molecule has 6 heteroatoms. The number of fused-ring (bicyclic) bond motifs is 2. The number of ether oxygens (including phenoxy) is 1. The van der Waals surface area contributed by atoms with E-state index in [-0.39, 0.29) is 5.82 Å². The summed E-state index contributed by atoms with van der Waals surface area (Å²) in [6.07, 6.45) is 0. The van der Waals surface area contributed by atoms with Crippen LogP contribution in [0.15, 0.2) is 42.5 Å². The predicted molar refractivity (Wildman–Crippen MR) is 91.1 cm³/mol. The lowest BCUT2D eigenvalue weighted by Crippen LogP contribution is -1.91. The van der Waals surface area contributed by atoms with Crippen LogP contribution >= 0.6 is 22.9 Å². The molecular formula is C17H10ClFN2OS. The molecule has 0 spiro atoms. The first-order valence-electron chi connectivity index (χ1n) is 6.89. The van der Waals surface area contributed by atoms with E-state index in [1.54, 1.807) is 18.2 Å². The molecule has 4 rings (SSSR count). The fourth-order valence-corrected chi connectivity index (χ4v) is 3.37. The van der Waals surface area contributed by atoms with Crippen molar-refractivity contribution in [2.75, 3.05) is 0 Å². The van der Waals surface area contributed by atoms with E-state index < -0.39 is 0 Å². The van der Waals surface area contributed by atoms with Gasteiger partial charge in [-0.05, 0) is 43.3 Å². The van der Waals surface area contributed by atoms with E-state index in [2.05, 4.69) is 9.97 Å². The van der Waals surface area contributed by atoms with Gasteiger partial charge in [0.05, 0.1) is 15.7 Å². The number of nitrogens with zero attached hydrogens (tertiary/aromatic N) is 2. The molecule has 114 valence electrons. The summed E-state index contributed by atoms with van der Waals surface area (Å²) in [7, 11) is 0. The van der Waals surface area contributed by atoms with Gasteiger partial charge in [0.1, 0.15) is 11.6 Å². The quantitative estimate of drug-likeness (QED) is 0.465. The van der Waals surface area contributed by atoms with Crippen molar-refractivity contribution in [3.63, 3.8) is 0 Å². The molecule has 0 amide bonds. The van der Waals surface area contributed by atoms with Crippen LogP contribution in [-0.4, -0.2) is 9.97 Å². The Morgan fingerprint density at radius 1 is 1.04 bits per heavy atom. The van der Waals surface area contributed by atoms with Gasteiger partial charge in [0, 0.05) is 22.2 Å². The van der Waals surface area contributed by atoms with E-state index >= 15 is 0 Å². The number of hydrogen-bond acceptors (Lipinski definition) is 4. The Morgan fingerprint density at radius 3 is 2.78 bits per heavy atom. The Hall–Kier alpha value is -2.24. The van der Waals surface area contributed by atoms with Gasteiger partial charge in [-0.15, -0.1) is 0 Å². The lowest BCUT2D eigenvalue weighted by molar-refractivity contribution is 0.484. The van der Waals surface area contributed by atoms with Crippen LogP contribution in [0.3, 0.4) is 0 Å². The van der Waals surface area contributed by atoms with Crippen LogP contribution in [0, 0.1) is 12.7 Å². The number of pyridine rings is 1. The average molecular weight is 345 g/mol. The smallest absolute Gasteiger partial charge is 0.279 e. The van der Waals surface area contributed by atoms with Gasteiger partial charge in [-0.2, -0.15) is 0 Å². The molecule has 3 nitrogen and oxygen atoms in total. The van der Waals surface area contributed by atoms with E-state index in [0.717, 1.165) is 15.9 Å². The van der Waals surface area contributed by atoms with Gasteiger partial charge in [-0.25, -0.2) is 9.37 Å². The number of benzene rings is 2. The summed E-state index contributed by atoms with van der Waals surface area (Å²) in [5.74, 6) is 0.209. The van der Waals surface area contributed by atoms with Crippen molar-refractivity contribution in [2.45, 2.75) is 6.92 Å². The summed E-state index contributed by atoms with van der Waals surface area (Å²) >= 11 is 7.39. The maximum absolute atomic E-state index is 13.6. The molecule has 2 aromatic carbocycles. The minimum atomic E-state index is -0.330. The molecule has 23 heavy (non-hydrogen) atoms. The third-order valence-corrected chi connectivity index (χ3v) is 4.54. The molecule has 0 bridgehead atoms. The molecular weight excluding hydrogens is 335 g/mol. The lowest BCUT2D eigenvalue weighted by Gasteiger charge is -2.07. The minimum absolute atomic E-state index is 0.330. The van der Waals surface area contributed by atoms with Crippen molar-refractivity contribution in [2.24, 2.45) is 0 Å². The first-order valence-corrected chi connectivity index (χ1v) is 8.09. The second kappa shape index (κ2) is 5.44. The van der Waals surface area contributed by atoms with Crippen molar-refractivity contribution in [3.05, 3.63) is 59.0 Å². The summed E-state index contributed by atoms with van der Waals surface area (Å²) in [6, 6.07) is 11.7. The van der Waals surface area contributed by atoms with Crippen molar-refractivity contribution < 1.29 is 9.13 Å². The maximum atomic E-state index is 13.6. The van der Waals surface area contributed by atoms with Gasteiger partial charge in [0.15, 0.2) is 0 Å². The molecule has 0 fully saturated rings. The first kappa shape index (κ1) is 14.4. The Labute approximate surface area is 140 Å². The minimum Gasteiger partial charge on any atom is -0.430 e. The molecule has 0 aliphatic heterocycles. The SMILES string of the molecule is Cc1cc(Oc2nc3cc(Cl)ccc3s2)c2cc(F)ccc2n1. The molecule has 0 atom stereocenters. The second-order valence-corrected chi connectivity index (χ2v) is 6.55. The molecule has 0 saturated heterocycles. The van der Waals surface area contributed by atoms with Crippen LogP contribution in [0.4, 0.5) is 4.39 Å². The van der Waals surface area contributed by atoms with Crippen molar-refractivity contribution in [3.8, 4) is 10.9 Å². The van der Waals surface area contributed by atoms with E-state index in [0.29, 0.717) is 26.9 Å². The third kappa shape index (κ3) is 2.73. The zero-order chi connectivity index (χ0) is 16.0. The molecule has 0 aliphatic rings. The Bertz CT molecular complexity index is 1050. The monoisotopic (exact) mass is 344 g/mol. The molecule has 4 aromatic rings. The Kier molecular flexibility index (Phi) is 3.39. The molecule has 0 radical (unpaired) electrons. The first-order chi connectivity index (χ1) is 11.1. The summed E-state index contributed by atoms with van der Waals surface area (Å²) in [5.41, 5.74) is 2.26. The van der Waals surface area contributed by atoms with Crippen LogP contribution in [0.1, 0.15) is 5.69 Å². The highest BCUT2D eigenvalue weighted by atomic mass is 35.5. The summed E-state index contributed by atoms with van der Waals surface area (Å²) in [4.78, 5) is 8.82. The van der Waals surface area contributed by atoms with Gasteiger partial charge in [-0.3, -0.25) is 4.98 Å². The fourth-order valence-electron chi connectivity index (χ4n) is 2.39. The molecule has 0 aliphatic carbocycles. The van der Waals surface area contributed by atoms with Crippen molar-refractivity contribution >= 4 is 44.1 Å². The molecule has 0 unspecified atom stereocenters. The van der Waals surface area contributed by atoms with E-state index in [9.17, 15) is 4.39 Å². The fraction of sp³-hybridized carbons (Fsp3) is 0.0588. The van der Waals surface area contributed by atoms with Crippen LogP contribution in [0.2, 0.25) is 5.02 Å². The van der Waals surface area contributed by atoms with Crippen LogP contribution in [-0.2, 0) is 0 Å². The number of thiazole rings is 1. The number of aromatic nitrogens is 2. The zero-order valence-corrected chi connectivity index (χ0v) is 13.6. The number of halogens is 2. The van der Waals surface area contributed by atoms with Crippen LogP contribution in [0.5, 0.6) is 10.9 Å². The van der Waals surface area contributed by atoms with E-state index in [4.69, 9.17) is 16.3 Å². The van der Waals surface area contributed by atoms with Gasteiger partial charge in [0.25, 0.3) is 5.19 Å². The van der Waals surface area contributed by atoms with Crippen molar-refractivity contribution in [1.82, 2.24) is 9.97 Å². The van der Waals surface area contributed by atoms with Crippen LogP contribution in [0.25, 0.3) is 21.1 Å². The van der Waals surface area contributed by atoms with Crippen molar-refractivity contribution in [1.29, 1.82) is 0 Å². The highest BCUT2D eigenvalue weighted by Gasteiger charge is 2.11. The summed E-state index contributed by atoms with van der Waals surface area (Å²) in [5, 5.41) is 1.73. The van der Waals surface area contributed by atoms with Gasteiger partial charge in [0.2, 0.25) is 0 Å². The zero-order valence-electron chi connectivity index (χ0n) is 12.0. The highest BCUT2D eigenvalue weighted by molar-refractivity contribution is 7.20. The molecule has 0 saturated carbocycles. The topological polar surface area (TPSA) is 35.0 Å². The molecule has 0 N–H and O–H groups in total. The highest BCUT2D eigenvalue weighted by Crippen LogP contribution is 2.35. The standard InChI is InChI=1S/C17H10ClFN2OS/c1-9-6-15(12-8-11(19)3-4-13(12)20-9)22-17-21-14-7-10(18)2-5-16(14)23-17/h2-8H,1H3. The maximum Gasteiger partial charge on any atom is 0.279 e. The van der Waals surface area contributed by atoms with Gasteiger partial charge >= 0.3 is 0 Å². The Balaban J connectivity index is 1.83. The number of hydrogen-bond donors (Lipinski definition) is 0. The normalized spacial score (nSPS) is 11.3. The summed E-state index contributed by atoms with van der Waals surface area (Å²) in [6.45, 7) is 1.87.